The van der Waals surface area contributed by atoms with Crippen LogP contribution < -0.4 is 4.74 Å². The molecule has 0 aliphatic carbocycles. The molecule has 5 N–H and O–H groups in total. The van der Waals surface area contributed by atoms with Crippen molar-refractivity contribution in [2.24, 2.45) is 0 Å². The molecule has 0 saturated carbocycles. The highest BCUT2D eigenvalue weighted by atomic mass is 16.6. The van der Waals surface area contributed by atoms with Crippen LogP contribution in [-0.4, -0.2) is 56.8 Å². The topological polar surface area (TPSA) is 126 Å². The zero-order valence-electron chi connectivity index (χ0n) is 11.4. The Morgan fingerprint density at radius 1 is 1.24 bits per heavy atom. The number of rotatable bonds is 5. The zero-order chi connectivity index (χ0) is 15.8. The highest BCUT2D eigenvalue weighted by Gasteiger charge is 2.52. The van der Waals surface area contributed by atoms with E-state index in [-0.39, 0.29) is 23.2 Å². The number of nitrogens with one attached hydrogen (secondary N) is 1. The van der Waals surface area contributed by atoms with Gasteiger partial charge in [-0.05, 0) is 26.2 Å². The molecule has 0 amide bonds. The van der Waals surface area contributed by atoms with Crippen molar-refractivity contribution in [2.75, 3.05) is 14.1 Å². The number of carbonyl (C=O) groups is 1. The summed E-state index contributed by atoms with van der Waals surface area (Å²) in [7, 11) is 2.53. The third kappa shape index (κ3) is 2.28. The highest BCUT2D eigenvalue weighted by Crippen LogP contribution is 2.38. The first-order chi connectivity index (χ1) is 9.73. The SMILES string of the molecule is CN(C)C(O)(O)C(O)(O)c1c[nH]c2cccc(OC=O)c12. The maximum absolute atomic E-state index is 10.5. The van der Waals surface area contributed by atoms with Gasteiger partial charge in [0, 0.05) is 17.3 Å². The van der Waals surface area contributed by atoms with E-state index in [1.807, 2.05) is 0 Å². The highest BCUT2D eigenvalue weighted by molar-refractivity contribution is 5.90. The number of H-pyrrole nitrogens is 1. The monoisotopic (exact) mass is 296 g/mol. The number of hydrogen-bond donors (Lipinski definition) is 5. The molecule has 8 nitrogen and oxygen atoms in total. The van der Waals surface area contributed by atoms with Crippen LogP contribution in [0.2, 0.25) is 0 Å². The third-order valence-electron chi connectivity index (χ3n) is 3.31. The lowest BCUT2D eigenvalue weighted by molar-refractivity contribution is -0.413. The van der Waals surface area contributed by atoms with Crippen LogP contribution >= 0.6 is 0 Å². The second-order valence-electron chi connectivity index (χ2n) is 4.80. The van der Waals surface area contributed by atoms with Crippen molar-refractivity contribution in [1.82, 2.24) is 9.88 Å². The predicted molar refractivity (Wildman–Crippen MR) is 72.0 cm³/mol. The summed E-state index contributed by atoms with van der Waals surface area (Å²) in [6, 6.07) is 4.64. The molecule has 0 saturated heterocycles. The summed E-state index contributed by atoms with van der Waals surface area (Å²) in [5.41, 5.74) is 0.194. The minimum absolute atomic E-state index is 0.0563. The Hall–Kier alpha value is -1.97. The fourth-order valence-corrected chi connectivity index (χ4v) is 2.07. The number of fused-ring (bicyclic) bond motifs is 1. The van der Waals surface area contributed by atoms with Crippen LogP contribution in [0.15, 0.2) is 24.4 Å². The first-order valence-electron chi connectivity index (χ1n) is 6.01. The van der Waals surface area contributed by atoms with E-state index in [4.69, 9.17) is 4.74 Å². The number of carbonyl (C=O) groups excluding carboxylic acids is 1. The van der Waals surface area contributed by atoms with Gasteiger partial charge < -0.3 is 30.1 Å². The fourth-order valence-electron chi connectivity index (χ4n) is 2.07. The van der Waals surface area contributed by atoms with Crippen LogP contribution in [0, 0.1) is 0 Å². The van der Waals surface area contributed by atoms with Crippen molar-refractivity contribution < 1.29 is 30.0 Å². The maximum atomic E-state index is 10.5. The molecule has 8 heteroatoms. The molecule has 0 spiro atoms. The summed E-state index contributed by atoms with van der Waals surface area (Å²) >= 11 is 0. The number of likely N-dealkylation sites (N-methyl/N-ethyl adjacent to an activating group) is 1. The number of nitrogens with zero attached hydrogens (tertiary/aromatic N) is 1. The lowest BCUT2D eigenvalue weighted by Crippen LogP contribution is -2.60. The van der Waals surface area contributed by atoms with Crippen LogP contribution in [0.5, 0.6) is 5.75 Å². The lowest BCUT2D eigenvalue weighted by atomic mass is 10.00. The summed E-state index contributed by atoms with van der Waals surface area (Å²) in [5, 5.41) is 40.4. The van der Waals surface area contributed by atoms with Gasteiger partial charge in [-0.3, -0.25) is 9.69 Å². The van der Waals surface area contributed by atoms with Gasteiger partial charge in [-0.2, -0.15) is 0 Å². The zero-order valence-corrected chi connectivity index (χ0v) is 11.4. The molecule has 21 heavy (non-hydrogen) atoms. The lowest BCUT2D eigenvalue weighted by Gasteiger charge is -2.38. The molecular formula is C13H16N2O6. The van der Waals surface area contributed by atoms with Gasteiger partial charge >= 0.3 is 0 Å². The molecule has 0 bridgehead atoms. The largest absolute Gasteiger partial charge is 0.428 e. The first-order valence-corrected chi connectivity index (χ1v) is 6.01. The summed E-state index contributed by atoms with van der Waals surface area (Å²) in [5.74, 6) is -5.94. The van der Waals surface area contributed by atoms with Crippen molar-refractivity contribution in [2.45, 2.75) is 11.7 Å². The van der Waals surface area contributed by atoms with Gasteiger partial charge in [0.15, 0.2) is 0 Å². The molecule has 1 heterocycles. The van der Waals surface area contributed by atoms with Gasteiger partial charge in [-0.15, -0.1) is 0 Å². The molecule has 0 fully saturated rings. The normalized spacial score (nSPS) is 12.9. The summed E-state index contributed by atoms with van der Waals surface area (Å²) in [6.45, 7) is 0.194. The van der Waals surface area contributed by atoms with E-state index in [0.29, 0.717) is 5.52 Å². The standard InChI is InChI=1S/C13H16N2O6/c1-15(2)13(19,20)12(17,18)8-6-14-9-4-3-5-10(11(8)9)21-7-16/h3-7,14,17-20H,1-2H3. The second kappa shape index (κ2) is 5.10. The molecule has 0 aliphatic heterocycles. The molecular weight excluding hydrogens is 280 g/mol. The number of ether oxygens (including phenoxy) is 1. The van der Waals surface area contributed by atoms with Crippen LogP contribution in [-0.2, 0) is 10.6 Å². The fraction of sp³-hybridized carbons (Fsp3) is 0.308. The van der Waals surface area contributed by atoms with Gasteiger partial charge in [0.05, 0.1) is 5.39 Å². The number of benzene rings is 1. The number of aromatic nitrogens is 1. The van der Waals surface area contributed by atoms with E-state index in [2.05, 4.69) is 4.98 Å². The first kappa shape index (κ1) is 15.4. The Kier molecular flexibility index (Phi) is 3.74. The molecule has 0 atom stereocenters. The number of hydrogen-bond acceptors (Lipinski definition) is 7. The van der Waals surface area contributed by atoms with E-state index < -0.39 is 11.7 Å². The number of aliphatic hydroxyl groups is 4. The average Bonchev–Trinajstić information content (AvgIpc) is 2.84. The van der Waals surface area contributed by atoms with Crippen molar-refractivity contribution in [3.8, 4) is 5.75 Å². The maximum Gasteiger partial charge on any atom is 0.298 e. The van der Waals surface area contributed by atoms with Gasteiger partial charge in [0.2, 0.25) is 0 Å². The number of aromatic amines is 1. The Labute approximate surface area is 119 Å². The summed E-state index contributed by atoms with van der Waals surface area (Å²) in [6.07, 6.45) is 1.20. The summed E-state index contributed by atoms with van der Waals surface area (Å²) in [4.78, 5) is 14.1. The smallest absolute Gasteiger partial charge is 0.298 e. The minimum atomic E-state index is -3.03. The van der Waals surface area contributed by atoms with Crippen LogP contribution in [0.3, 0.4) is 0 Å². The molecule has 114 valence electrons. The Balaban J connectivity index is 2.69. The van der Waals surface area contributed by atoms with Crippen molar-refractivity contribution in [3.63, 3.8) is 0 Å². The van der Waals surface area contributed by atoms with Gasteiger partial charge in [-0.25, -0.2) is 0 Å². The van der Waals surface area contributed by atoms with E-state index in [9.17, 15) is 25.2 Å². The third-order valence-corrected chi connectivity index (χ3v) is 3.31. The molecule has 2 aromatic rings. The Morgan fingerprint density at radius 3 is 2.48 bits per heavy atom. The Bertz CT molecular complexity index is 662. The Morgan fingerprint density at radius 2 is 1.90 bits per heavy atom. The average molecular weight is 296 g/mol. The van der Waals surface area contributed by atoms with Crippen molar-refractivity contribution >= 4 is 17.4 Å². The molecule has 1 aromatic carbocycles. The van der Waals surface area contributed by atoms with Crippen molar-refractivity contribution in [1.29, 1.82) is 0 Å². The van der Waals surface area contributed by atoms with Crippen LogP contribution in [0.25, 0.3) is 10.9 Å². The molecule has 0 radical (unpaired) electrons. The van der Waals surface area contributed by atoms with E-state index in [1.54, 1.807) is 12.1 Å². The second-order valence-corrected chi connectivity index (χ2v) is 4.80. The van der Waals surface area contributed by atoms with Gasteiger partial charge in [0.1, 0.15) is 5.75 Å². The molecule has 1 aromatic heterocycles. The van der Waals surface area contributed by atoms with E-state index in [0.717, 1.165) is 4.90 Å². The van der Waals surface area contributed by atoms with E-state index in [1.165, 1.54) is 26.4 Å². The van der Waals surface area contributed by atoms with Gasteiger partial charge in [-0.1, -0.05) is 6.07 Å². The summed E-state index contributed by atoms with van der Waals surface area (Å²) < 4.78 is 4.79. The van der Waals surface area contributed by atoms with Crippen LogP contribution in [0.4, 0.5) is 0 Å². The molecule has 2 rings (SSSR count). The molecule has 0 aliphatic rings. The minimum Gasteiger partial charge on any atom is -0.428 e. The van der Waals surface area contributed by atoms with Gasteiger partial charge in [0.25, 0.3) is 18.2 Å². The van der Waals surface area contributed by atoms with Crippen molar-refractivity contribution in [3.05, 3.63) is 30.0 Å². The quantitative estimate of drug-likeness (QED) is 0.355. The predicted octanol–water partition coefficient (Wildman–Crippen LogP) is -0.960. The molecule has 0 unspecified atom stereocenters. The van der Waals surface area contributed by atoms with E-state index >= 15 is 0 Å². The van der Waals surface area contributed by atoms with Crippen LogP contribution in [0.1, 0.15) is 5.56 Å².